The highest BCUT2D eigenvalue weighted by atomic mass is 19.4. The van der Waals surface area contributed by atoms with Gasteiger partial charge in [0.1, 0.15) is 5.82 Å². The van der Waals surface area contributed by atoms with E-state index in [2.05, 4.69) is 20.6 Å². The summed E-state index contributed by atoms with van der Waals surface area (Å²) in [6.45, 7) is 3.72. The quantitative estimate of drug-likeness (QED) is 0.740. The van der Waals surface area contributed by atoms with E-state index in [9.17, 15) is 18.0 Å². The van der Waals surface area contributed by atoms with Crippen molar-refractivity contribution >= 4 is 17.7 Å². The number of hydrogen-bond acceptors (Lipinski definition) is 5. The number of alkyl halides is 3. The van der Waals surface area contributed by atoms with Crippen molar-refractivity contribution < 1.29 is 18.0 Å². The van der Waals surface area contributed by atoms with Crippen molar-refractivity contribution in [3.63, 3.8) is 0 Å². The fourth-order valence-corrected chi connectivity index (χ4v) is 1.51. The van der Waals surface area contributed by atoms with Crippen LogP contribution in [0.5, 0.6) is 0 Å². The molecule has 6 nitrogen and oxygen atoms in total. The summed E-state index contributed by atoms with van der Waals surface area (Å²) in [6.07, 6.45) is -4.58. The minimum atomic E-state index is -4.57. The molecule has 0 fully saturated rings. The summed E-state index contributed by atoms with van der Waals surface area (Å²) in [6, 6.07) is 0.358. The minimum Gasteiger partial charge on any atom is -0.370 e. The van der Waals surface area contributed by atoms with Gasteiger partial charge in [0.2, 0.25) is 11.9 Å². The first-order valence-electron chi connectivity index (χ1n) is 5.97. The largest absolute Gasteiger partial charge is 0.433 e. The molecule has 1 heterocycles. The van der Waals surface area contributed by atoms with Crippen LogP contribution in [0, 0.1) is 0 Å². The van der Waals surface area contributed by atoms with Crippen LogP contribution in [0.3, 0.4) is 0 Å². The normalized spacial score (nSPS) is 12.8. The summed E-state index contributed by atoms with van der Waals surface area (Å²) >= 11 is 0. The Morgan fingerprint density at radius 2 is 2.10 bits per heavy atom. The van der Waals surface area contributed by atoms with E-state index in [1.54, 1.807) is 13.8 Å². The van der Waals surface area contributed by atoms with Crippen molar-refractivity contribution in [2.24, 2.45) is 5.73 Å². The van der Waals surface area contributed by atoms with Gasteiger partial charge in [-0.25, -0.2) is 4.98 Å². The smallest absolute Gasteiger partial charge is 0.370 e. The second-order valence-corrected chi connectivity index (χ2v) is 4.21. The predicted octanol–water partition coefficient (Wildman–Crippen LogP) is 1.60. The molecule has 0 aliphatic rings. The van der Waals surface area contributed by atoms with Crippen LogP contribution in [0.1, 0.15) is 26.0 Å². The number of aromatic nitrogens is 2. The molecular weight excluding hydrogens is 275 g/mol. The van der Waals surface area contributed by atoms with Crippen LogP contribution in [0.15, 0.2) is 6.07 Å². The molecule has 9 heteroatoms. The summed E-state index contributed by atoms with van der Waals surface area (Å²) in [7, 11) is 0. The number of hydrogen-bond donors (Lipinski definition) is 3. The van der Waals surface area contributed by atoms with E-state index in [0.717, 1.165) is 6.07 Å². The first kappa shape index (κ1) is 16.0. The fraction of sp³-hybridized carbons (Fsp3) is 0.545. The van der Waals surface area contributed by atoms with Crippen molar-refractivity contribution in [2.45, 2.75) is 32.5 Å². The number of primary amides is 1. The van der Waals surface area contributed by atoms with Gasteiger partial charge in [0, 0.05) is 25.1 Å². The molecule has 0 aliphatic carbocycles. The number of amides is 1. The third kappa shape index (κ3) is 4.90. The Morgan fingerprint density at radius 3 is 2.60 bits per heavy atom. The van der Waals surface area contributed by atoms with E-state index in [1.165, 1.54) is 0 Å². The number of halogens is 3. The zero-order valence-corrected chi connectivity index (χ0v) is 11.1. The number of carbonyl (C=O) groups is 1. The van der Waals surface area contributed by atoms with Gasteiger partial charge in [-0.2, -0.15) is 18.2 Å². The average molecular weight is 291 g/mol. The highest BCUT2D eigenvalue weighted by Crippen LogP contribution is 2.29. The van der Waals surface area contributed by atoms with Gasteiger partial charge in [-0.3, -0.25) is 4.79 Å². The molecule has 1 amide bonds. The molecule has 20 heavy (non-hydrogen) atoms. The SMILES string of the molecule is CCNc1nc(NC(C)CC(N)=O)cc(C(F)(F)F)n1. The van der Waals surface area contributed by atoms with Gasteiger partial charge in [0.05, 0.1) is 0 Å². The van der Waals surface area contributed by atoms with Gasteiger partial charge >= 0.3 is 6.18 Å². The van der Waals surface area contributed by atoms with Gasteiger partial charge in [-0.15, -0.1) is 0 Å². The molecule has 0 bridgehead atoms. The van der Waals surface area contributed by atoms with E-state index >= 15 is 0 Å². The Hall–Kier alpha value is -2.06. The second-order valence-electron chi connectivity index (χ2n) is 4.21. The number of carbonyl (C=O) groups excluding carboxylic acids is 1. The highest BCUT2D eigenvalue weighted by molar-refractivity contribution is 5.74. The molecule has 4 N–H and O–H groups in total. The fourth-order valence-electron chi connectivity index (χ4n) is 1.51. The van der Waals surface area contributed by atoms with Crippen LogP contribution in [-0.4, -0.2) is 28.5 Å². The Bertz CT molecular complexity index is 478. The molecule has 0 aromatic carbocycles. The van der Waals surface area contributed by atoms with E-state index in [1.807, 2.05) is 0 Å². The molecule has 1 atom stereocenters. The van der Waals surface area contributed by atoms with Gasteiger partial charge in [0.25, 0.3) is 0 Å². The number of rotatable bonds is 6. The summed E-state index contributed by atoms with van der Waals surface area (Å²) in [4.78, 5) is 18.0. The van der Waals surface area contributed by atoms with Crippen LogP contribution in [-0.2, 0) is 11.0 Å². The van der Waals surface area contributed by atoms with E-state index in [0.29, 0.717) is 6.54 Å². The zero-order valence-electron chi connectivity index (χ0n) is 11.1. The van der Waals surface area contributed by atoms with Gasteiger partial charge in [-0.1, -0.05) is 0 Å². The van der Waals surface area contributed by atoms with Gasteiger partial charge in [0.15, 0.2) is 5.69 Å². The van der Waals surface area contributed by atoms with Crippen molar-refractivity contribution in [3.05, 3.63) is 11.8 Å². The molecule has 1 aromatic rings. The Labute approximate surface area is 114 Å². The third-order valence-electron chi connectivity index (χ3n) is 2.25. The van der Waals surface area contributed by atoms with Gasteiger partial charge in [-0.05, 0) is 13.8 Å². The van der Waals surface area contributed by atoms with Crippen LogP contribution in [0.2, 0.25) is 0 Å². The third-order valence-corrected chi connectivity index (χ3v) is 2.25. The molecule has 0 radical (unpaired) electrons. The molecule has 0 saturated heterocycles. The lowest BCUT2D eigenvalue weighted by Gasteiger charge is -2.15. The lowest BCUT2D eigenvalue weighted by molar-refractivity contribution is -0.141. The van der Waals surface area contributed by atoms with Gasteiger partial charge < -0.3 is 16.4 Å². The number of anilines is 2. The maximum atomic E-state index is 12.7. The van der Waals surface area contributed by atoms with E-state index < -0.39 is 23.8 Å². The molecule has 0 aliphatic heterocycles. The van der Waals surface area contributed by atoms with Crippen LogP contribution >= 0.6 is 0 Å². The predicted molar refractivity (Wildman–Crippen MR) is 68.1 cm³/mol. The molecular formula is C11H16F3N5O. The van der Waals surface area contributed by atoms with Crippen LogP contribution in [0.25, 0.3) is 0 Å². The maximum Gasteiger partial charge on any atom is 0.433 e. The van der Waals surface area contributed by atoms with E-state index in [4.69, 9.17) is 5.73 Å². The van der Waals surface area contributed by atoms with Crippen molar-refractivity contribution in [1.29, 1.82) is 0 Å². The molecule has 0 spiro atoms. The summed E-state index contributed by atoms with van der Waals surface area (Å²) in [5.74, 6) is -0.699. The Kier molecular flexibility index (Phi) is 5.12. The number of nitrogens with one attached hydrogen (secondary N) is 2. The topological polar surface area (TPSA) is 92.9 Å². The average Bonchev–Trinajstić information content (AvgIpc) is 2.26. The Balaban J connectivity index is 2.99. The molecule has 0 saturated carbocycles. The standard InChI is InChI=1S/C11H16F3N5O/c1-3-16-10-18-7(11(12,13)14)5-9(19-10)17-6(2)4-8(15)20/h5-6H,3-4H2,1-2H3,(H2,15,20)(H2,16,17,18,19). The number of nitrogens with zero attached hydrogens (tertiary/aromatic N) is 2. The minimum absolute atomic E-state index is 0.0120. The first-order valence-corrected chi connectivity index (χ1v) is 5.97. The summed E-state index contributed by atoms with van der Waals surface area (Å²) in [5, 5.41) is 5.31. The van der Waals surface area contributed by atoms with Crippen molar-refractivity contribution in [3.8, 4) is 0 Å². The first-order chi connectivity index (χ1) is 9.22. The molecule has 1 aromatic heterocycles. The van der Waals surface area contributed by atoms with Crippen LogP contribution < -0.4 is 16.4 Å². The Morgan fingerprint density at radius 1 is 1.45 bits per heavy atom. The lowest BCUT2D eigenvalue weighted by Crippen LogP contribution is -2.25. The van der Waals surface area contributed by atoms with Crippen LogP contribution in [0.4, 0.5) is 24.9 Å². The molecule has 112 valence electrons. The van der Waals surface area contributed by atoms with E-state index in [-0.39, 0.29) is 18.2 Å². The van der Waals surface area contributed by atoms with Crippen molar-refractivity contribution in [2.75, 3.05) is 17.2 Å². The molecule has 1 rings (SSSR count). The lowest BCUT2D eigenvalue weighted by atomic mass is 10.2. The van der Waals surface area contributed by atoms with Crippen molar-refractivity contribution in [1.82, 2.24) is 9.97 Å². The zero-order chi connectivity index (χ0) is 15.3. The highest BCUT2D eigenvalue weighted by Gasteiger charge is 2.33. The maximum absolute atomic E-state index is 12.7. The monoisotopic (exact) mass is 291 g/mol. The molecule has 1 unspecified atom stereocenters. The summed E-state index contributed by atoms with van der Waals surface area (Å²) < 4.78 is 38.1. The summed E-state index contributed by atoms with van der Waals surface area (Å²) in [5.41, 5.74) is 3.96. The number of nitrogens with two attached hydrogens (primary N) is 1. The second kappa shape index (κ2) is 6.40.